The van der Waals surface area contributed by atoms with Crippen LogP contribution in [0.3, 0.4) is 0 Å². The zero-order chi connectivity index (χ0) is 20.2. The lowest BCUT2D eigenvalue weighted by Crippen LogP contribution is -2.20. The summed E-state index contributed by atoms with van der Waals surface area (Å²) >= 11 is 0. The molecule has 7 heteroatoms. The van der Waals surface area contributed by atoms with Gasteiger partial charge in [-0.1, -0.05) is 36.4 Å². The van der Waals surface area contributed by atoms with E-state index in [1.165, 1.54) is 18.2 Å². The molecule has 28 heavy (non-hydrogen) atoms. The van der Waals surface area contributed by atoms with Gasteiger partial charge in [-0.15, -0.1) is 0 Å². The van der Waals surface area contributed by atoms with E-state index in [-0.39, 0.29) is 11.6 Å². The lowest BCUT2D eigenvalue weighted by Gasteiger charge is -2.07. The van der Waals surface area contributed by atoms with Crippen LogP contribution in [0.15, 0.2) is 54.6 Å². The molecule has 2 aromatic rings. The number of carbonyl (C=O) groups excluding carboxylic acids is 1. The highest BCUT2D eigenvalue weighted by molar-refractivity contribution is 5.92. The summed E-state index contributed by atoms with van der Waals surface area (Å²) in [7, 11) is 0. The number of benzene rings is 2. The van der Waals surface area contributed by atoms with Crippen molar-refractivity contribution in [3.05, 3.63) is 81.4 Å². The van der Waals surface area contributed by atoms with Crippen molar-refractivity contribution in [3.8, 4) is 0 Å². The SMILES string of the molecule is CCOCCOCc1cccc(CNC(=O)/C=C/c2ccccc2[N+](=O)[O-])c1. The second kappa shape index (κ2) is 11.6. The standard InChI is InChI=1S/C21H24N2O5/c1-2-27-12-13-28-16-18-7-5-6-17(14-18)15-22-21(24)11-10-19-8-3-4-9-20(19)23(25)26/h3-11,14H,2,12-13,15-16H2,1H3,(H,22,24)/b11-10+. The molecule has 0 aliphatic carbocycles. The van der Waals surface area contributed by atoms with Crippen molar-refractivity contribution in [2.45, 2.75) is 20.1 Å². The number of nitro groups is 1. The highest BCUT2D eigenvalue weighted by Gasteiger charge is 2.09. The zero-order valence-electron chi connectivity index (χ0n) is 15.8. The van der Waals surface area contributed by atoms with E-state index in [0.717, 1.165) is 11.1 Å². The van der Waals surface area contributed by atoms with Gasteiger partial charge in [0.2, 0.25) is 5.91 Å². The molecule has 0 bridgehead atoms. The molecule has 2 aromatic carbocycles. The fourth-order valence-electron chi connectivity index (χ4n) is 2.49. The number of hydrogen-bond acceptors (Lipinski definition) is 5. The van der Waals surface area contributed by atoms with Gasteiger partial charge in [-0.05, 0) is 30.2 Å². The minimum Gasteiger partial charge on any atom is -0.379 e. The van der Waals surface area contributed by atoms with Gasteiger partial charge >= 0.3 is 0 Å². The van der Waals surface area contributed by atoms with Crippen LogP contribution in [-0.4, -0.2) is 30.7 Å². The predicted molar refractivity (Wildman–Crippen MR) is 107 cm³/mol. The molecular formula is C21H24N2O5. The third kappa shape index (κ3) is 7.30. The van der Waals surface area contributed by atoms with E-state index in [1.807, 2.05) is 31.2 Å². The molecule has 0 aliphatic heterocycles. The average Bonchev–Trinajstić information content (AvgIpc) is 2.71. The minimum atomic E-state index is -0.473. The maximum Gasteiger partial charge on any atom is 0.276 e. The number of para-hydroxylation sites is 1. The molecule has 148 valence electrons. The molecule has 0 saturated carbocycles. The van der Waals surface area contributed by atoms with Crippen LogP contribution in [0, 0.1) is 10.1 Å². The molecular weight excluding hydrogens is 360 g/mol. The minimum absolute atomic E-state index is 0.0383. The van der Waals surface area contributed by atoms with E-state index < -0.39 is 4.92 Å². The molecule has 7 nitrogen and oxygen atoms in total. The van der Waals surface area contributed by atoms with Gasteiger partial charge in [0.05, 0.1) is 30.3 Å². The Labute approximate surface area is 164 Å². The molecule has 0 heterocycles. The Bertz CT molecular complexity index is 820. The van der Waals surface area contributed by atoms with Crippen LogP contribution >= 0.6 is 0 Å². The molecule has 1 N–H and O–H groups in total. The lowest BCUT2D eigenvalue weighted by molar-refractivity contribution is -0.385. The fourth-order valence-corrected chi connectivity index (χ4v) is 2.49. The quantitative estimate of drug-likeness (QED) is 0.277. The van der Waals surface area contributed by atoms with E-state index in [1.54, 1.807) is 18.2 Å². The van der Waals surface area contributed by atoms with E-state index >= 15 is 0 Å². The molecule has 0 aromatic heterocycles. The van der Waals surface area contributed by atoms with Gasteiger partial charge in [0.15, 0.2) is 0 Å². The maximum absolute atomic E-state index is 12.0. The number of hydrogen-bond donors (Lipinski definition) is 1. The first kappa shape index (κ1) is 21.3. The van der Waals surface area contributed by atoms with Crippen molar-refractivity contribution in [1.82, 2.24) is 5.32 Å². The molecule has 0 aliphatic rings. The number of carbonyl (C=O) groups is 1. The van der Waals surface area contributed by atoms with E-state index in [9.17, 15) is 14.9 Å². The number of rotatable bonds is 11. The second-order valence-electron chi connectivity index (χ2n) is 5.94. The summed E-state index contributed by atoms with van der Waals surface area (Å²) in [5.41, 5.74) is 2.30. The number of amides is 1. The number of nitrogens with one attached hydrogen (secondary N) is 1. The molecule has 0 unspecified atom stereocenters. The van der Waals surface area contributed by atoms with Crippen LogP contribution in [0.5, 0.6) is 0 Å². The third-order valence-corrected chi connectivity index (χ3v) is 3.85. The summed E-state index contributed by atoms with van der Waals surface area (Å²) in [6.45, 7) is 4.54. The molecule has 0 spiro atoms. The van der Waals surface area contributed by atoms with Gasteiger partial charge in [-0.2, -0.15) is 0 Å². The van der Waals surface area contributed by atoms with Gasteiger partial charge in [-0.25, -0.2) is 0 Å². The Kier molecular flexibility index (Phi) is 8.84. The topological polar surface area (TPSA) is 90.7 Å². The van der Waals surface area contributed by atoms with E-state index in [4.69, 9.17) is 9.47 Å². The smallest absolute Gasteiger partial charge is 0.276 e. The van der Waals surface area contributed by atoms with Crippen molar-refractivity contribution in [1.29, 1.82) is 0 Å². The average molecular weight is 384 g/mol. The predicted octanol–water partition coefficient (Wildman–Crippen LogP) is 3.48. The Hall–Kier alpha value is -3.03. The maximum atomic E-state index is 12.0. The summed E-state index contributed by atoms with van der Waals surface area (Å²) in [6.07, 6.45) is 2.74. The third-order valence-electron chi connectivity index (χ3n) is 3.85. The Morgan fingerprint density at radius 2 is 1.86 bits per heavy atom. The monoisotopic (exact) mass is 384 g/mol. The Morgan fingerprint density at radius 3 is 2.64 bits per heavy atom. The highest BCUT2D eigenvalue weighted by atomic mass is 16.6. The summed E-state index contributed by atoms with van der Waals surface area (Å²) in [6, 6.07) is 14.0. The van der Waals surface area contributed by atoms with Gasteiger partial charge in [0.1, 0.15) is 0 Å². The largest absolute Gasteiger partial charge is 0.379 e. The van der Waals surface area contributed by atoms with Crippen LogP contribution < -0.4 is 5.32 Å². The highest BCUT2D eigenvalue weighted by Crippen LogP contribution is 2.18. The number of nitrogens with zero attached hydrogens (tertiary/aromatic N) is 1. The van der Waals surface area contributed by atoms with Crippen molar-refractivity contribution >= 4 is 17.7 Å². The van der Waals surface area contributed by atoms with Crippen LogP contribution in [-0.2, 0) is 27.4 Å². The van der Waals surface area contributed by atoms with E-state index in [2.05, 4.69) is 5.32 Å². The van der Waals surface area contributed by atoms with Crippen LogP contribution in [0.25, 0.3) is 6.08 Å². The van der Waals surface area contributed by atoms with Crippen molar-refractivity contribution in [2.24, 2.45) is 0 Å². The Morgan fingerprint density at radius 1 is 1.11 bits per heavy atom. The van der Waals surface area contributed by atoms with Crippen LogP contribution in [0.4, 0.5) is 5.69 Å². The molecule has 0 radical (unpaired) electrons. The Balaban J connectivity index is 1.84. The summed E-state index contributed by atoms with van der Waals surface area (Å²) in [4.78, 5) is 22.5. The summed E-state index contributed by atoms with van der Waals surface area (Å²) < 4.78 is 10.8. The van der Waals surface area contributed by atoms with Crippen molar-refractivity contribution in [2.75, 3.05) is 19.8 Å². The van der Waals surface area contributed by atoms with Gasteiger partial charge in [0.25, 0.3) is 5.69 Å². The number of ether oxygens (including phenoxy) is 2. The van der Waals surface area contributed by atoms with E-state index in [0.29, 0.717) is 38.5 Å². The number of nitro benzene ring substituents is 1. The summed E-state index contributed by atoms with van der Waals surface area (Å²) in [5, 5.41) is 13.8. The van der Waals surface area contributed by atoms with Gasteiger partial charge in [-0.3, -0.25) is 14.9 Å². The fraction of sp³-hybridized carbons (Fsp3) is 0.286. The molecule has 0 atom stereocenters. The zero-order valence-corrected chi connectivity index (χ0v) is 15.8. The molecule has 2 rings (SSSR count). The summed E-state index contributed by atoms with van der Waals surface area (Å²) in [5.74, 6) is -0.323. The van der Waals surface area contributed by atoms with Crippen LogP contribution in [0.1, 0.15) is 23.6 Å². The van der Waals surface area contributed by atoms with Crippen molar-refractivity contribution in [3.63, 3.8) is 0 Å². The molecule has 0 saturated heterocycles. The first-order chi connectivity index (χ1) is 13.6. The van der Waals surface area contributed by atoms with Crippen molar-refractivity contribution < 1.29 is 19.2 Å². The normalized spacial score (nSPS) is 10.9. The van der Waals surface area contributed by atoms with Crippen LogP contribution in [0.2, 0.25) is 0 Å². The van der Waals surface area contributed by atoms with Gasteiger partial charge < -0.3 is 14.8 Å². The molecule has 0 fully saturated rings. The first-order valence-electron chi connectivity index (χ1n) is 9.02. The molecule has 1 amide bonds. The lowest BCUT2D eigenvalue weighted by atomic mass is 10.1. The first-order valence-corrected chi connectivity index (χ1v) is 9.02. The second-order valence-corrected chi connectivity index (χ2v) is 5.94. The van der Waals surface area contributed by atoms with Gasteiger partial charge in [0, 0.05) is 25.3 Å².